The summed E-state index contributed by atoms with van der Waals surface area (Å²) in [5.74, 6) is -8.68. The van der Waals surface area contributed by atoms with Crippen LogP contribution in [0.15, 0.2) is 63.8 Å². The van der Waals surface area contributed by atoms with Gasteiger partial charge in [0, 0.05) is 34.4 Å². The molecule has 1 aromatic carbocycles. The van der Waals surface area contributed by atoms with Crippen molar-refractivity contribution in [2.45, 2.75) is 43.9 Å². The molecule has 3 aromatic heterocycles. The molecule has 0 saturated heterocycles. The first kappa shape index (κ1) is 30.6. The molecule has 1 saturated carbocycles. The third-order valence-electron chi connectivity index (χ3n) is 8.74. The van der Waals surface area contributed by atoms with Crippen molar-refractivity contribution in [1.82, 2.24) is 24.9 Å². The number of alkyl halides is 5. The third kappa shape index (κ3) is 5.13. The molecule has 4 aromatic rings. The van der Waals surface area contributed by atoms with Crippen molar-refractivity contribution in [3.05, 3.63) is 92.9 Å². The Morgan fingerprint density at radius 1 is 1.17 bits per heavy atom. The predicted octanol–water partition coefficient (Wildman–Crippen LogP) is 4.60. The monoisotopic (exact) mass is 661 g/mol. The Labute approximate surface area is 259 Å². The molecule has 10 nitrogen and oxygen atoms in total. The lowest BCUT2D eigenvalue weighted by Crippen LogP contribution is -2.38. The van der Waals surface area contributed by atoms with E-state index in [1.165, 1.54) is 22.7 Å². The van der Waals surface area contributed by atoms with Gasteiger partial charge in [0.05, 0.1) is 23.6 Å². The van der Waals surface area contributed by atoms with Gasteiger partial charge in [-0.05, 0) is 66.7 Å². The number of halogens is 7. The second-order valence-corrected chi connectivity index (χ2v) is 11.9. The zero-order valence-electron chi connectivity index (χ0n) is 24.2. The molecule has 4 heterocycles. The summed E-state index contributed by atoms with van der Waals surface area (Å²) in [7, 11) is 0. The van der Waals surface area contributed by atoms with E-state index in [1.807, 2.05) is 0 Å². The standard InChI is InChI=1S/C30H23F7N8O2/c1-12-17(2-3-22-41-42-28(47)45(12)22)18-8-16(38)10-39-25(18)21(6-13-4-14(31)7-15(32)5-13)40-23(46)11-44-27-24(26(43-44)30(35,36)37)19-9-20(19)29(27,33)34/h2-5,7-8,10,19-21,26H,6,9,11,38H2,1H3,(H-,40,42,46,47)/p+1/t19-,20+,21-,26?/m0/s1. The number of rotatable bonds is 7. The van der Waals surface area contributed by atoms with Crippen LogP contribution in [0.3, 0.4) is 0 Å². The largest absolute Gasteiger partial charge is 0.420 e. The number of hydrogen-bond donors (Lipinski definition) is 3. The minimum Gasteiger partial charge on any atom is -0.397 e. The van der Waals surface area contributed by atoms with Crippen LogP contribution in [0.5, 0.6) is 0 Å². The van der Waals surface area contributed by atoms with Gasteiger partial charge in [-0.25, -0.2) is 23.1 Å². The molecule has 1 unspecified atom stereocenters. The molecule has 3 aliphatic rings. The number of nitrogens with zero attached hydrogens (tertiary/aromatic N) is 5. The maximum atomic E-state index is 15.1. The Kier molecular flexibility index (Phi) is 6.80. The maximum absolute atomic E-state index is 15.1. The van der Waals surface area contributed by atoms with Crippen LogP contribution in [-0.4, -0.2) is 54.9 Å². The smallest absolute Gasteiger partial charge is 0.397 e. The quantitative estimate of drug-likeness (QED) is 0.197. The normalized spacial score (nSPS) is 21.9. The number of carbonyl (C=O) groups excluding carboxylic acids is 1. The van der Waals surface area contributed by atoms with Crippen LogP contribution >= 0.6 is 0 Å². The molecule has 0 bridgehead atoms. The number of aromatic amines is 1. The summed E-state index contributed by atoms with van der Waals surface area (Å²) in [6.45, 7) is 0.625. The highest BCUT2D eigenvalue weighted by atomic mass is 19.4. The zero-order valence-corrected chi connectivity index (χ0v) is 24.2. The summed E-state index contributed by atoms with van der Waals surface area (Å²) in [6, 6.07) is 3.63. The van der Waals surface area contributed by atoms with Gasteiger partial charge >= 0.3 is 17.8 Å². The first-order chi connectivity index (χ1) is 22.1. The number of nitrogens with one attached hydrogen (secondary N) is 2. The highest BCUT2D eigenvalue weighted by Crippen LogP contribution is 2.66. The number of carbonyl (C=O) groups is 1. The molecule has 244 valence electrons. The molecule has 1 amide bonds. The molecular weight excluding hydrogens is 637 g/mol. The molecule has 0 spiro atoms. The lowest BCUT2D eigenvalue weighted by atomic mass is 9.94. The molecule has 47 heavy (non-hydrogen) atoms. The number of nitrogens with two attached hydrogens (primary N) is 1. The molecule has 1 aliphatic heterocycles. The summed E-state index contributed by atoms with van der Waals surface area (Å²) in [6.07, 6.45) is -4.06. The average molecular weight is 662 g/mol. The van der Waals surface area contributed by atoms with E-state index in [1.54, 1.807) is 13.0 Å². The molecule has 7 rings (SSSR count). The summed E-state index contributed by atoms with van der Waals surface area (Å²) < 4.78 is 102. The van der Waals surface area contributed by atoms with Gasteiger partial charge in [-0.1, -0.05) is 4.70 Å². The van der Waals surface area contributed by atoms with Gasteiger partial charge in [-0.3, -0.25) is 9.78 Å². The van der Waals surface area contributed by atoms with Crippen molar-refractivity contribution in [3.8, 4) is 11.1 Å². The van der Waals surface area contributed by atoms with Gasteiger partial charge in [0.15, 0.2) is 5.65 Å². The molecule has 2 aliphatic carbocycles. The number of fused-ring (bicyclic) bond motifs is 3. The van der Waals surface area contributed by atoms with Gasteiger partial charge in [0.25, 0.3) is 18.1 Å². The molecule has 0 radical (unpaired) electrons. The Morgan fingerprint density at radius 2 is 1.89 bits per heavy atom. The first-order valence-electron chi connectivity index (χ1n) is 14.4. The van der Waals surface area contributed by atoms with Gasteiger partial charge in [-0.15, -0.1) is 0 Å². The fourth-order valence-electron chi connectivity index (χ4n) is 6.73. The topological polar surface area (TPSA) is 134 Å². The van der Waals surface area contributed by atoms with E-state index in [-0.39, 0.29) is 29.8 Å². The van der Waals surface area contributed by atoms with Gasteiger partial charge in [0.2, 0.25) is 6.04 Å². The lowest BCUT2D eigenvalue weighted by molar-refractivity contribution is -0.549. The van der Waals surface area contributed by atoms with Crippen molar-refractivity contribution < 1.29 is 40.2 Å². The Balaban J connectivity index is 1.28. The van der Waals surface area contributed by atoms with Crippen LogP contribution in [0.4, 0.5) is 36.4 Å². The SMILES string of the molecule is Cc1c(-c2cc(N)cnc2[C@H](Cc2cc(F)cc(F)c2)NC(=O)C[N+]2=NC(C(F)(F)F)C3=C2C(F)(F)[C@@H]2C[C@H]32)ccc2n[nH]c(=O)n12. The number of anilines is 1. The average Bonchev–Trinajstić information content (AvgIpc) is 3.46. The summed E-state index contributed by atoms with van der Waals surface area (Å²) in [5, 5.41) is 12.3. The third-order valence-corrected chi connectivity index (χ3v) is 8.74. The number of nitrogen functional groups attached to an aromatic ring is 1. The number of aromatic nitrogens is 4. The van der Waals surface area contributed by atoms with Crippen molar-refractivity contribution >= 4 is 17.2 Å². The molecule has 17 heteroatoms. The van der Waals surface area contributed by atoms with Crippen LogP contribution in [0.25, 0.3) is 16.8 Å². The highest BCUT2D eigenvalue weighted by molar-refractivity contribution is 5.79. The Bertz CT molecular complexity index is 2080. The van der Waals surface area contributed by atoms with E-state index < -0.39 is 77.1 Å². The molecule has 4 atom stereocenters. The van der Waals surface area contributed by atoms with E-state index in [0.29, 0.717) is 33.2 Å². The second-order valence-electron chi connectivity index (χ2n) is 11.9. The summed E-state index contributed by atoms with van der Waals surface area (Å²) >= 11 is 0. The number of aryl methyl sites for hydroxylation is 1. The number of benzene rings is 1. The second kappa shape index (κ2) is 10.5. The van der Waals surface area contributed by atoms with Crippen molar-refractivity contribution in [2.24, 2.45) is 17.0 Å². The van der Waals surface area contributed by atoms with E-state index in [2.05, 4.69) is 25.6 Å². The first-order valence-corrected chi connectivity index (χ1v) is 14.4. The number of hydrogen-bond acceptors (Lipinski definition) is 6. The van der Waals surface area contributed by atoms with Gasteiger partial charge in [0.1, 0.15) is 11.6 Å². The number of allylic oxidation sites excluding steroid dienone is 1. The van der Waals surface area contributed by atoms with E-state index in [4.69, 9.17) is 5.73 Å². The zero-order chi connectivity index (χ0) is 33.6. The van der Waals surface area contributed by atoms with E-state index >= 15 is 8.78 Å². The number of amides is 1. The Morgan fingerprint density at radius 3 is 2.60 bits per heavy atom. The van der Waals surface area contributed by atoms with Crippen LogP contribution in [0.1, 0.15) is 29.4 Å². The van der Waals surface area contributed by atoms with E-state index in [9.17, 15) is 31.5 Å². The minimum atomic E-state index is -4.94. The Hall–Kier alpha value is -5.09. The molecular formula is C30H24F7N8O2+. The van der Waals surface area contributed by atoms with Crippen LogP contribution in [0, 0.1) is 30.4 Å². The van der Waals surface area contributed by atoms with Crippen LogP contribution in [0.2, 0.25) is 0 Å². The van der Waals surface area contributed by atoms with Crippen LogP contribution in [-0.2, 0) is 11.2 Å². The van der Waals surface area contributed by atoms with Crippen LogP contribution < -0.4 is 16.7 Å². The molecule has 4 N–H and O–H groups in total. The van der Waals surface area contributed by atoms with Crippen molar-refractivity contribution in [1.29, 1.82) is 0 Å². The van der Waals surface area contributed by atoms with Crippen molar-refractivity contribution in [3.63, 3.8) is 0 Å². The lowest BCUT2D eigenvalue weighted by Gasteiger charge is -2.22. The van der Waals surface area contributed by atoms with Gasteiger partial charge in [-0.2, -0.15) is 27.1 Å². The summed E-state index contributed by atoms with van der Waals surface area (Å²) in [4.78, 5) is 30.3. The summed E-state index contributed by atoms with van der Waals surface area (Å²) in [5.41, 5.74) is 5.86. The fraction of sp³-hybridized carbons (Fsp3) is 0.333. The maximum Gasteiger partial charge on any atom is 0.420 e. The number of pyridine rings is 2. The van der Waals surface area contributed by atoms with Crippen molar-refractivity contribution in [2.75, 3.05) is 12.3 Å². The predicted molar refractivity (Wildman–Crippen MR) is 150 cm³/mol. The minimum absolute atomic E-state index is 0.0750. The fourth-order valence-corrected chi connectivity index (χ4v) is 6.73. The van der Waals surface area contributed by atoms with E-state index in [0.717, 1.165) is 12.1 Å². The highest BCUT2D eigenvalue weighted by Gasteiger charge is 2.75. The number of H-pyrrole nitrogens is 1. The van der Waals surface area contributed by atoms with Gasteiger partial charge < -0.3 is 11.1 Å². The number of azo groups is 2. The molecule has 1 fully saturated rings.